The number of ether oxygens (including phenoxy) is 1. The van der Waals surface area contributed by atoms with Gasteiger partial charge in [0.15, 0.2) is 0 Å². The Kier molecular flexibility index (Phi) is 5.75. The zero-order chi connectivity index (χ0) is 15.9. The molecule has 0 saturated carbocycles. The molecule has 1 atom stereocenters. The molecule has 0 unspecified atom stereocenters. The van der Waals surface area contributed by atoms with E-state index in [2.05, 4.69) is 31.0 Å². The molecule has 0 radical (unpaired) electrons. The number of nitrogens with zero attached hydrogens (tertiary/aromatic N) is 2. The van der Waals surface area contributed by atoms with Crippen LogP contribution in [0.15, 0.2) is 43.0 Å². The maximum Gasteiger partial charge on any atom is 0.313 e. The second-order valence-electron chi connectivity index (χ2n) is 6.03. The zero-order valence-corrected chi connectivity index (χ0v) is 13.5. The van der Waals surface area contributed by atoms with Crippen LogP contribution in [0, 0.1) is 5.92 Å². The van der Waals surface area contributed by atoms with Crippen LogP contribution in [0.1, 0.15) is 37.8 Å². The van der Waals surface area contributed by atoms with Gasteiger partial charge in [0.05, 0.1) is 18.8 Å². The number of esters is 1. The summed E-state index contributed by atoms with van der Waals surface area (Å²) in [7, 11) is 0. The molecule has 0 amide bonds. The van der Waals surface area contributed by atoms with Crippen molar-refractivity contribution in [3.05, 3.63) is 54.1 Å². The van der Waals surface area contributed by atoms with Gasteiger partial charge in [0.2, 0.25) is 0 Å². The maximum atomic E-state index is 12.1. The average Bonchev–Trinajstić information content (AvgIpc) is 3.00. The molecular weight excluding hydrogens is 276 g/mol. The van der Waals surface area contributed by atoms with Gasteiger partial charge in [-0.1, -0.05) is 38.1 Å². The summed E-state index contributed by atoms with van der Waals surface area (Å²) in [6, 6.07) is 8.26. The highest BCUT2D eigenvalue weighted by molar-refractivity contribution is 5.77. The molecule has 4 nitrogen and oxygen atoms in total. The lowest BCUT2D eigenvalue weighted by molar-refractivity contribution is -0.145. The molecule has 0 N–H and O–H groups in total. The summed E-state index contributed by atoms with van der Waals surface area (Å²) in [6.45, 7) is 7.29. The fourth-order valence-corrected chi connectivity index (χ4v) is 2.35. The number of hydrogen-bond donors (Lipinski definition) is 0. The van der Waals surface area contributed by atoms with E-state index < -0.39 is 0 Å². The minimum Gasteiger partial charge on any atom is -0.463 e. The molecule has 0 fully saturated rings. The Morgan fingerprint density at radius 2 is 1.95 bits per heavy atom. The van der Waals surface area contributed by atoms with Gasteiger partial charge < -0.3 is 9.30 Å². The summed E-state index contributed by atoms with van der Waals surface area (Å²) in [6.07, 6.45) is 6.34. The Morgan fingerprint density at radius 1 is 1.23 bits per heavy atom. The molecule has 0 saturated heterocycles. The van der Waals surface area contributed by atoms with Gasteiger partial charge in [-0.3, -0.25) is 4.79 Å². The van der Waals surface area contributed by atoms with Crippen LogP contribution in [0.25, 0.3) is 0 Å². The lowest BCUT2D eigenvalue weighted by Crippen LogP contribution is -2.16. The first-order valence-electron chi connectivity index (χ1n) is 7.77. The van der Waals surface area contributed by atoms with Crippen molar-refractivity contribution in [2.75, 3.05) is 6.61 Å². The van der Waals surface area contributed by atoms with Crippen molar-refractivity contribution in [2.24, 2.45) is 5.92 Å². The lowest BCUT2D eigenvalue weighted by atomic mass is 9.97. The summed E-state index contributed by atoms with van der Waals surface area (Å²) in [4.78, 5) is 16.0. The van der Waals surface area contributed by atoms with Crippen LogP contribution in [0.2, 0.25) is 0 Å². The highest BCUT2D eigenvalue weighted by atomic mass is 16.5. The SMILES string of the molecule is CC(C)Cc1ccc([C@@H](C)C(=O)OCCn2ccnc2)cc1. The van der Waals surface area contributed by atoms with Crippen molar-refractivity contribution in [3.63, 3.8) is 0 Å². The van der Waals surface area contributed by atoms with Crippen LogP contribution in [-0.4, -0.2) is 22.1 Å². The molecule has 2 rings (SSSR count). The largest absolute Gasteiger partial charge is 0.463 e. The van der Waals surface area contributed by atoms with E-state index in [1.54, 1.807) is 12.5 Å². The molecule has 0 aliphatic heterocycles. The number of carbonyl (C=O) groups is 1. The number of rotatable bonds is 7. The second kappa shape index (κ2) is 7.78. The fraction of sp³-hybridized carbons (Fsp3) is 0.444. The monoisotopic (exact) mass is 300 g/mol. The molecule has 0 aliphatic rings. The van der Waals surface area contributed by atoms with E-state index in [0.717, 1.165) is 12.0 Å². The molecule has 4 heteroatoms. The van der Waals surface area contributed by atoms with Crippen molar-refractivity contribution in [3.8, 4) is 0 Å². The van der Waals surface area contributed by atoms with Gasteiger partial charge in [-0.05, 0) is 30.4 Å². The van der Waals surface area contributed by atoms with Gasteiger partial charge in [0, 0.05) is 12.4 Å². The van der Waals surface area contributed by atoms with Gasteiger partial charge in [-0.15, -0.1) is 0 Å². The van der Waals surface area contributed by atoms with Gasteiger partial charge in [-0.25, -0.2) is 4.98 Å². The molecule has 2 aromatic rings. The molecule has 118 valence electrons. The first-order valence-corrected chi connectivity index (χ1v) is 7.77. The van der Waals surface area contributed by atoms with Crippen molar-refractivity contribution in [1.82, 2.24) is 9.55 Å². The third-order valence-corrected chi connectivity index (χ3v) is 3.63. The number of carbonyl (C=O) groups excluding carboxylic acids is 1. The quantitative estimate of drug-likeness (QED) is 0.736. The average molecular weight is 300 g/mol. The summed E-state index contributed by atoms with van der Waals surface area (Å²) in [5, 5.41) is 0. The van der Waals surface area contributed by atoms with E-state index in [1.807, 2.05) is 29.8 Å². The Morgan fingerprint density at radius 3 is 2.55 bits per heavy atom. The van der Waals surface area contributed by atoms with Gasteiger partial charge in [0.1, 0.15) is 6.61 Å². The smallest absolute Gasteiger partial charge is 0.313 e. The highest BCUT2D eigenvalue weighted by Crippen LogP contribution is 2.18. The van der Waals surface area contributed by atoms with Crippen molar-refractivity contribution in [1.29, 1.82) is 0 Å². The molecule has 0 aliphatic carbocycles. The standard InChI is InChI=1S/C18H24N2O2/c1-14(2)12-16-4-6-17(7-5-16)15(3)18(21)22-11-10-20-9-8-19-13-20/h4-9,13-15H,10-12H2,1-3H3/t15-/m1/s1. The predicted molar refractivity (Wildman–Crippen MR) is 86.6 cm³/mol. The molecular formula is C18H24N2O2. The molecule has 1 heterocycles. The van der Waals surface area contributed by atoms with Crippen molar-refractivity contribution in [2.45, 2.75) is 39.7 Å². The van der Waals surface area contributed by atoms with Crippen LogP contribution in [0.3, 0.4) is 0 Å². The molecule has 0 bridgehead atoms. The number of hydrogen-bond acceptors (Lipinski definition) is 3. The number of aromatic nitrogens is 2. The Bertz CT molecular complexity index is 574. The van der Waals surface area contributed by atoms with E-state index in [9.17, 15) is 4.79 Å². The maximum absolute atomic E-state index is 12.1. The van der Waals surface area contributed by atoms with Crippen LogP contribution >= 0.6 is 0 Å². The summed E-state index contributed by atoms with van der Waals surface area (Å²) < 4.78 is 7.23. The van der Waals surface area contributed by atoms with E-state index in [-0.39, 0.29) is 11.9 Å². The van der Waals surface area contributed by atoms with Crippen LogP contribution in [0.4, 0.5) is 0 Å². The van der Waals surface area contributed by atoms with E-state index in [0.29, 0.717) is 19.1 Å². The summed E-state index contributed by atoms with van der Waals surface area (Å²) in [5.41, 5.74) is 2.31. The van der Waals surface area contributed by atoms with Crippen LogP contribution < -0.4 is 0 Å². The molecule has 1 aromatic heterocycles. The van der Waals surface area contributed by atoms with Gasteiger partial charge in [-0.2, -0.15) is 0 Å². The topological polar surface area (TPSA) is 44.1 Å². The lowest BCUT2D eigenvalue weighted by Gasteiger charge is -2.13. The van der Waals surface area contributed by atoms with E-state index in [4.69, 9.17) is 4.74 Å². The summed E-state index contributed by atoms with van der Waals surface area (Å²) in [5.74, 6) is 0.212. The Labute approximate surface area is 132 Å². The predicted octanol–water partition coefficient (Wildman–Crippen LogP) is 3.43. The highest BCUT2D eigenvalue weighted by Gasteiger charge is 2.16. The minimum absolute atomic E-state index is 0.184. The van der Waals surface area contributed by atoms with E-state index in [1.165, 1.54) is 5.56 Å². The first-order chi connectivity index (χ1) is 10.6. The zero-order valence-electron chi connectivity index (χ0n) is 13.5. The first kappa shape index (κ1) is 16.3. The number of imidazole rings is 1. The molecule has 22 heavy (non-hydrogen) atoms. The Hall–Kier alpha value is -2.10. The minimum atomic E-state index is -0.240. The molecule has 1 aromatic carbocycles. The molecule has 0 spiro atoms. The van der Waals surface area contributed by atoms with Crippen LogP contribution in [-0.2, 0) is 22.5 Å². The number of benzene rings is 1. The van der Waals surface area contributed by atoms with Gasteiger partial charge in [0.25, 0.3) is 0 Å². The second-order valence-corrected chi connectivity index (χ2v) is 6.03. The summed E-state index contributed by atoms with van der Waals surface area (Å²) >= 11 is 0. The fourth-order valence-electron chi connectivity index (χ4n) is 2.35. The van der Waals surface area contributed by atoms with Gasteiger partial charge >= 0.3 is 5.97 Å². The third kappa shape index (κ3) is 4.72. The third-order valence-electron chi connectivity index (χ3n) is 3.63. The van der Waals surface area contributed by atoms with Crippen molar-refractivity contribution < 1.29 is 9.53 Å². The van der Waals surface area contributed by atoms with E-state index >= 15 is 0 Å². The normalized spacial score (nSPS) is 12.4. The van der Waals surface area contributed by atoms with Crippen molar-refractivity contribution >= 4 is 5.97 Å². The van der Waals surface area contributed by atoms with Crippen LogP contribution in [0.5, 0.6) is 0 Å². The Balaban J connectivity index is 1.84.